The Morgan fingerprint density at radius 3 is 2.61 bits per heavy atom. The zero-order chi connectivity index (χ0) is 24.8. The van der Waals surface area contributed by atoms with Gasteiger partial charge in [-0.2, -0.15) is 4.39 Å². The first-order chi connectivity index (χ1) is 17.5. The third-order valence-electron chi connectivity index (χ3n) is 7.88. The molecular weight excluding hydrogens is 480 g/mol. The Bertz CT molecular complexity index is 1260. The Hall–Kier alpha value is -2.81. The second-order valence-corrected chi connectivity index (χ2v) is 11.1. The van der Waals surface area contributed by atoms with E-state index < -0.39 is 12.1 Å². The van der Waals surface area contributed by atoms with E-state index in [1.54, 1.807) is 30.5 Å². The quantitative estimate of drug-likeness (QED) is 0.320. The van der Waals surface area contributed by atoms with E-state index in [2.05, 4.69) is 25.1 Å². The van der Waals surface area contributed by atoms with Gasteiger partial charge in [-0.05, 0) is 79.5 Å². The number of rotatable bonds is 6. The van der Waals surface area contributed by atoms with Crippen molar-refractivity contribution < 1.29 is 13.9 Å². The summed E-state index contributed by atoms with van der Waals surface area (Å²) in [6.07, 6.45) is 9.93. The summed E-state index contributed by atoms with van der Waals surface area (Å²) in [5, 5.41) is 20.1. The number of pyridine rings is 1. The number of alkyl halides is 1. The van der Waals surface area contributed by atoms with Crippen LogP contribution in [-0.4, -0.2) is 49.8 Å². The minimum Gasteiger partial charge on any atom is -0.507 e. The lowest BCUT2D eigenvalue weighted by Gasteiger charge is -2.46. The molecule has 4 atom stereocenters. The summed E-state index contributed by atoms with van der Waals surface area (Å²) in [7, 11) is 0. The second-order valence-electron chi connectivity index (χ2n) is 10.3. The van der Waals surface area contributed by atoms with Crippen molar-refractivity contribution in [1.82, 2.24) is 20.2 Å². The molecule has 0 unspecified atom stereocenters. The fourth-order valence-electron chi connectivity index (χ4n) is 6.02. The molecule has 3 fully saturated rings. The average molecular weight is 510 g/mol. The summed E-state index contributed by atoms with van der Waals surface area (Å²) in [5.41, 5.74) is 1.72. The molecule has 2 heterocycles. The van der Waals surface area contributed by atoms with Crippen molar-refractivity contribution >= 4 is 17.6 Å². The number of aromatic hydroxyl groups is 1. The van der Waals surface area contributed by atoms with Crippen molar-refractivity contribution in [1.29, 1.82) is 0 Å². The zero-order valence-electron chi connectivity index (χ0n) is 20.1. The van der Waals surface area contributed by atoms with Gasteiger partial charge in [0.2, 0.25) is 5.95 Å². The minimum absolute atomic E-state index is 0.0204. The lowest BCUT2D eigenvalue weighted by atomic mass is 9.69. The molecule has 0 spiro atoms. The maximum absolute atomic E-state index is 15.5. The van der Waals surface area contributed by atoms with Gasteiger partial charge in [-0.3, -0.25) is 0 Å². The Labute approximate surface area is 213 Å². The van der Waals surface area contributed by atoms with E-state index in [0.29, 0.717) is 45.3 Å². The number of hydrogen-bond acceptors (Lipinski definition) is 7. The van der Waals surface area contributed by atoms with E-state index in [4.69, 9.17) is 0 Å². The van der Waals surface area contributed by atoms with Gasteiger partial charge in [0.25, 0.3) is 0 Å². The first-order valence-corrected chi connectivity index (χ1v) is 13.9. The number of aromatic nitrogens is 4. The highest BCUT2D eigenvalue weighted by Crippen LogP contribution is 2.46. The molecule has 1 aromatic carbocycles. The van der Waals surface area contributed by atoms with Gasteiger partial charge in [0.15, 0.2) is 11.6 Å². The molecule has 36 heavy (non-hydrogen) atoms. The third-order valence-corrected chi connectivity index (χ3v) is 8.51. The van der Waals surface area contributed by atoms with Gasteiger partial charge in [-0.15, -0.1) is 22.0 Å². The fraction of sp³-hybridized carbons (Fsp3) is 0.481. The standard InChI is InChI=1S/C27H29F2N5OS/c1-36-25-13-18(12-23(28)31-25)16-5-8-20(22(35)11-16)27-30-14-24(32-33-27)34(19-6-7-19)21-10-15-3-2-4-17(9-15)26(21)29/h5,8,11-15,17,19,21,26,35H,2-4,6-7,9-10H2,1H3/t15-,17+,21+,26-/m1/s1. The van der Waals surface area contributed by atoms with E-state index in [1.165, 1.54) is 24.2 Å². The van der Waals surface area contributed by atoms with Crippen molar-refractivity contribution in [3.8, 4) is 28.3 Å². The molecule has 188 valence electrons. The van der Waals surface area contributed by atoms with Gasteiger partial charge >= 0.3 is 0 Å². The lowest BCUT2D eigenvalue weighted by Crippen LogP contribution is -2.52. The van der Waals surface area contributed by atoms with E-state index >= 15 is 4.39 Å². The molecule has 3 aliphatic rings. The molecule has 0 amide bonds. The third kappa shape index (κ3) is 4.53. The van der Waals surface area contributed by atoms with E-state index in [1.807, 2.05) is 6.26 Å². The fourth-order valence-corrected chi connectivity index (χ4v) is 6.45. The monoisotopic (exact) mass is 509 g/mol. The summed E-state index contributed by atoms with van der Waals surface area (Å²) in [6, 6.07) is 8.31. The Morgan fingerprint density at radius 2 is 1.89 bits per heavy atom. The number of phenolic OH excluding ortho intramolecular Hbond substituents is 1. The molecule has 9 heteroatoms. The normalized spacial score (nSPS) is 25.5. The SMILES string of the molecule is CSc1cc(-c2ccc(-c3ncc(N(C4CC4)[C@H]4C[C@@H]5CCC[C@@H](C5)[C@H]4F)nn3)c(O)c2)cc(F)n1. The average Bonchev–Trinajstić information content (AvgIpc) is 3.73. The van der Waals surface area contributed by atoms with Gasteiger partial charge < -0.3 is 10.0 Å². The Balaban J connectivity index is 1.26. The largest absolute Gasteiger partial charge is 0.507 e. The topological polar surface area (TPSA) is 75.0 Å². The Kier molecular flexibility index (Phi) is 6.27. The lowest BCUT2D eigenvalue weighted by molar-refractivity contribution is 0.0631. The molecule has 3 saturated carbocycles. The first kappa shape index (κ1) is 23.6. The Morgan fingerprint density at radius 1 is 1.03 bits per heavy atom. The van der Waals surface area contributed by atoms with Gasteiger partial charge in [-0.25, -0.2) is 14.4 Å². The minimum atomic E-state index is -0.843. The molecule has 0 radical (unpaired) electrons. The van der Waals surface area contributed by atoms with Crippen LogP contribution in [0.1, 0.15) is 44.9 Å². The number of anilines is 1. The zero-order valence-corrected chi connectivity index (χ0v) is 21.0. The van der Waals surface area contributed by atoms with Gasteiger partial charge in [0.05, 0.1) is 22.8 Å². The number of thioether (sulfide) groups is 1. The number of phenols is 1. The van der Waals surface area contributed by atoms with E-state index in [-0.39, 0.29) is 17.7 Å². The molecule has 6 nitrogen and oxygen atoms in total. The van der Waals surface area contributed by atoms with Crippen molar-refractivity contribution in [3.63, 3.8) is 0 Å². The summed E-state index contributed by atoms with van der Waals surface area (Å²) >= 11 is 1.35. The van der Waals surface area contributed by atoms with Crippen LogP contribution in [0.15, 0.2) is 41.6 Å². The maximum Gasteiger partial charge on any atom is 0.214 e. The van der Waals surface area contributed by atoms with Crippen LogP contribution in [0.4, 0.5) is 14.6 Å². The van der Waals surface area contributed by atoms with Gasteiger partial charge in [0.1, 0.15) is 11.9 Å². The van der Waals surface area contributed by atoms with Crippen LogP contribution in [-0.2, 0) is 0 Å². The van der Waals surface area contributed by atoms with Crippen LogP contribution >= 0.6 is 11.8 Å². The molecule has 2 bridgehead atoms. The maximum atomic E-state index is 15.5. The molecule has 3 aromatic rings. The molecule has 0 aliphatic heterocycles. The predicted molar refractivity (Wildman–Crippen MR) is 136 cm³/mol. The summed E-state index contributed by atoms with van der Waals surface area (Å²) in [4.78, 5) is 10.5. The van der Waals surface area contributed by atoms with Crippen LogP contribution in [0.2, 0.25) is 0 Å². The molecular formula is C27H29F2N5OS. The predicted octanol–water partition coefficient (Wildman–Crippen LogP) is 6.05. The number of nitrogens with zero attached hydrogens (tertiary/aromatic N) is 5. The van der Waals surface area contributed by atoms with E-state index in [0.717, 1.165) is 38.5 Å². The van der Waals surface area contributed by atoms with Gasteiger partial charge in [0, 0.05) is 12.1 Å². The molecule has 6 rings (SSSR count). The first-order valence-electron chi connectivity index (χ1n) is 12.7. The van der Waals surface area contributed by atoms with Gasteiger partial charge in [-0.1, -0.05) is 18.9 Å². The number of hydrogen-bond donors (Lipinski definition) is 1. The van der Waals surface area contributed by atoms with Crippen LogP contribution in [0.3, 0.4) is 0 Å². The van der Waals surface area contributed by atoms with Crippen LogP contribution < -0.4 is 4.90 Å². The smallest absolute Gasteiger partial charge is 0.214 e. The number of halogens is 2. The van der Waals surface area contributed by atoms with Crippen molar-refractivity contribution in [2.75, 3.05) is 11.2 Å². The van der Waals surface area contributed by atoms with Crippen LogP contribution in [0.25, 0.3) is 22.5 Å². The summed E-state index contributed by atoms with van der Waals surface area (Å²) in [6.45, 7) is 0. The highest BCUT2D eigenvalue weighted by Gasteiger charge is 2.46. The molecule has 2 aromatic heterocycles. The molecule has 3 aliphatic carbocycles. The highest BCUT2D eigenvalue weighted by atomic mass is 32.2. The molecule has 1 N–H and O–H groups in total. The highest BCUT2D eigenvalue weighted by molar-refractivity contribution is 7.98. The van der Waals surface area contributed by atoms with Crippen LogP contribution in [0, 0.1) is 17.8 Å². The van der Waals surface area contributed by atoms with Crippen LogP contribution in [0.5, 0.6) is 5.75 Å². The second kappa shape index (κ2) is 9.57. The van der Waals surface area contributed by atoms with Crippen molar-refractivity contribution in [2.24, 2.45) is 11.8 Å². The van der Waals surface area contributed by atoms with Crippen molar-refractivity contribution in [2.45, 2.75) is 68.2 Å². The van der Waals surface area contributed by atoms with E-state index in [9.17, 15) is 9.50 Å². The number of fused-ring (bicyclic) bond motifs is 2. The number of benzene rings is 1. The van der Waals surface area contributed by atoms with Crippen molar-refractivity contribution in [3.05, 3.63) is 42.5 Å². The molecule has 0 saturated heterocycles. The summed E-state index contributed by atoms with van der Waals surface area (Å²) < 4.78 is 29.4. The summed E-state index contributed by atoms with van der Waals surface area (Å²) in [5.74, 6) is 1.07.